The summed E-state index contributed by atoms with van der Waals surface area (Å²) in [4.78, 5) is 16.8. The molecule has 1 aromatic rings. The molecule has 3 atom stereocenters. The van der Waals surface area contributed by atoms with Crippen LogP contribution in [0.4, 0.5) is 4.79 Å². The highest BCUT2D eigenvalue weighted by molar-refractivity contribution is 5.74. The smallest absolute Gasteiger partial charge is 0.317 e. The molecule has 5 heteroatoms. The molecular formula is C20H31N3O2. The Morgan fingerprint density at radius 1 is 1.32 bits per heavy atom. The van der Waals surface area contributed by atoms with Crippen LogP contribution in [0.2, 0.25) is 0 Å². The van der Waals surface area contributed by atoms with E-state index in [1.54, 1.807) is 0 Å². The van der Waals surface area contributed by atoms with Crippen molar-refractivity contribution in [2.45, 2.75) is 32.4 Å². The van der Waals surface area contributed by atoms with Crippen LogP contribution in [0, 0.1) is 11.8 Å². The Bertz CT molecular complexity index is 545. The Morgan fingerprint density at radius 2 is 2.12 bits per heavy atom. The van der Waals surface area contributed by atoms with Gasteiger partial charge in [-0.15, -0.1) is 0 Å². The van der Waals surface area contributed by atoms with Crippen LogP contribution in [-0.2, 0) is 11.3 Å². The number of rotatable bonds is 5. The van der Waals surface area contributed by atoms with Crippen molar-refractivity contribution < 1.29 is 9.53 Å². The number of urea groups is 1. The first kappa shape index (κ1) is 18.2. The first-order valence-electron chi connectivity index (χ1n) is 9.47. The van der Waals surface area contributed by atoms with Crippen molar-refractivity contribution >= 4 is 6.03 Å². The molecule has 138 valence electrons. The van der Waals surface area contributed by atoms with Crippen LogP contribution in [-0.4, -0.2) is 61.8 Å². The summed E-state index contributed by atoms with van der Waals surface area (Å²) in [5.41, 5.74) is 1.33. The molecular weight excluding hydrogens is 314 g/mol. The quantitative estimate of drug-likeness (QED) is 0.892. The molecule has 0 saturated carbocycles. The van der Waals surface area contributed by atoms with Gasteiger partial charge in [-0.05, 0) is 24.3 Å². The number of nitrogens with zero attached hydrogens (tertiary/aromatic N) is 2. The van der Waals surface area contributed by atoms with Crippen LogP contribution in [0.3, 0.4) is 0 Å². The van der Waals surface area contributed by atoms with Crippen molar-refractivity contribution in [3.8, 4) is 0 Å². The third-order valence-electron chi connectivity index (χ3n) is 5.38. The zero-order valence-corrected chi connectivity index (χ0v) is 15.5. The number of amides is 2. The summed E-state index contributed by atoms with van der Waals surface area (Å²) in [6, 6.07) is 10.8. The fourth-order valence-electron chi connectivity index (χ4n) is 3.92. The molecule has 2 aliphatic heterocycles. The van der Waals surface area contributed by atoms with Crippen LogP contribution < -0.4 is 5.32 Å². The summed E-state index contributed by atoms with van der Waals surface area (Å²) < 4.78 is 5.52. The van der Waals surface area contributed by atoms with Crippen LogP contribution >= 0.6 is 0 Å². The van der Waals surface area contributed by atoms with E-state index in [-0.39, 0.29) is 12.1 Å². The van der Waals surface area contributed by atoms with E-state index in [1.807, 2.05) is 18.0 Å². The second-order valence-electron chi connectivity index (χ2n) is 7.68. The first-order valence-corrected chi connectivity index (χ1v) is 9.47. The molecule has 0 aliphatic carbocycles. The molecule has 0 aromatic heterocycles. The molecule has 1 N–H and O–H groups in total. The lowest BCUT2D eigenvalue weighted by Crippen LogP contribution is -2.47. The number of carbonyl (C=O) groups excluding carboxylic acids is 1. The summed E-state index contributed by atoms with van der Waals surface area (Å²) in [6.45, 7) is 7.55. The zero-order valence-electron chi connectivity index (χ0n) is 15.5. The van der Waals surface area contributed by atoms with Gasteiger partial charge in [0.15, 0.2) is 0 Å². The minimum atomic E-state index is 0.0454. The number of carbonyl (C=O) groups is 1. The highest BCUT2D eigenvalue weighted by Crippen LogP contribution is 2.20. The molecule has 25 heavy (non-hydrogen) atoms. The van der Waals surface area contributed by atoms with Crippen molar-refractivity contribution in [3.05, 3.63) is 35.9 Å². The van der Waals surface area contributed by atoms with Crippen LogP contribution in [0.5, 0.6) is 0 Å². The van der Waals surface area contributed by atoms with Gasteiger partial charge in [0.25, 0.3) is 0 Å². The van der Waals surface area contributed by atoms with Crippen LogP contribution in [0.1, 0.15) is 25.3 Å². The van der Waals surface area contributed by atoms with Gasteiger partial charge in [0.1, 0.15) is 0 Å². The van der Waals surface area contributed by atoms with Crippen molar-refractivity contribution in [1.82, 2.24) is 15.1 Å². The summed E-state index contributed by atoms with van der Waals surface area (Å²) in [6.07, 6.45) is 2.26. The van der Waals surface area contributed by atoms with Gasteiger partial charge in [-0.1, -0.05) is 37.3 Å². The average Bonchev–Trinajstić information content (AvgIpc) is 2.95. The second kappa shape index (κ2) is 8.68. The number of hydrogen-bond acceptors (Lipinski definition) is 3. The lowest BCUT2D eigenvalue weighted by Gasteiger charge is -2.28. The molecule has 0 unspecified atom stereocenters. The van der Waals surface area contributed by atoms with Gasteiger partial charge in [0.05, 0.1) is 6.61 Å². The van der Waals surface area contributed by atoms with Crippen LogP contribution in [0.25, 0.3) is 0 Å². The second-order valence-corrected chi connectivity index (χ2v) is 7.68. The standard InChI is InChI=1S/C20H31N3O2/c1-16-11-23(13-17-7-4-3-5-8-17)14-19(16)21-20(24)22(2)12-18-9-6-10-25-15-18/h3-5,7-8,16,18-19H,6,9-15H2,1-2H3,(H,21,24)/t16-,18+,19+/m1/s1. The number of ether oxygens (including phenoxy) is 1. The van der Waals surface area contributed by atoms with Crippen molar-refractivity contribution in [1.29, 1.82) is 0 Å². The fourth-order valence-corrected chi connectivity index (χ4v) is 3.92. The first-order chi connectivity index (χ1) is 12.1. The Balaban J connectivity index is 1.46. The van der Waals surface area contributed by atoms with E-state index in [0.29, 0.717) is 11.8 Å². The molecule has 2 fully saturated rings. The van der Waals surface area contributed by atoms with Gasteiger partial charge >= 0.3 is 6.03 Å². The maximum absolute atomic E-state index is 12.5. The van der Waals surface area contributed by atoms with Gasteiger partial charge in [0.2, 0.25) is 0 Å². The van der Waals surface area contributed by atoms with Gasteiger partial charge in [-0.25, -0.2) is 4.79 Å². The zero-order chi connectivity index (χ0) is 17.6. The van der Waals surface area contributed by atoms with E-state index in [2.05, 4.69) is 41.4 Å². The van der Waals surface area contributed by atoms with Crippen molar-refractivity contribution in [2.24, 2.45) is 11.8 Å². The topological polar surface area (TPSA) is 44.8 Å². The molecule has 0 bridgehead atoms. The van der Waals surface area contributed by atoms with Gasteiger partial charge in [-0.3, -0.25) is 4.90 Å². The van der Waals surface area contributed by atoms with E-state index in [4.69, 9.17) is 4.74 Å². The molecule has 1 aromatic carbocycles. The predicted octanol–water partition coefficient (Wildman–Crippen LogP) is 2.57. The van der Waals surface area contributed by atoms with Crippen LogP contribution in [0.15, 0.2) is 30.3 Å². The number of nitrogens with one attached hydrogen (secondary N) is 1. The van der Waals surface area contributed by atoms with E-state index < -0.39 is 0 Å². The molecule has 0 radical (unpaired) electrons. The van der Waals surface area contributed by atoms with Crippen molar-refractivity contribution in [3.63, 3.8) is 0 Å². The average molecular weight is 345 g/mol. The SMILES string of the molecule is C[C@@H]1CN(Cc2ccccc2)C[C@@H]1NC(=O)N(C)C[C@@H]1CCCOC1. The van der Waals surface area contributed by atoms with E-state index in [9.17, 15) is 4.79 Å². The Kier molecular flexibility index (Phi) is 6.32. The monoisotopic (exact) mass is 345 g/mol. The molecule has 2 amide bonds. The lowest BCUT2D eigenvalue weighted by molar-refractivity contribution is 0.0456. The third-order valence-corrected chi connectivity index (χ3v) is 5.38. The molecule has 3 rings (SSSR count). The minimum absolute atomic E-state index is 0.0454. The lowest BCUT2D eigenvalue weighted by atomic mass is 10.0. The Hall–Kier alpha value is -1.59. The molecule has 2 aliphatic rings. The predicted molar refractivity (Wildman–Crippen MR) is 99.4 cm³/mol. The Labute approximate surface area is 151 Å². The molecule has 5 nitrogen and oxygen atoms in total. The van der Waals surface area contributed by atoms with Gasteiger partial charge in [0, 0.05) is 51.8 Å². The summed E-state index contributed by atoms with van der Waals surface area (Å²) in [5, 5.41) is 3.24. The molecule has 0 spiro atoms. The van der Waals surface area contributed by atoms with E-state index >= 15 is 0 Å². The third kappa shape index (κ3) is 5.19. The maximum atomic E-state index is 12.5. The van der Waals surface area contributed by atoms with Gasteiger partial charge in [-0.2, -0.15) is 0 Å². The minimum Gasteiger partial charge on any atom is -0.381 e. The molecule has 2 heterocycles. The summed E-state index contributed by atoms with van der Waals surface area (Å²) in [5.74, 6) is 0.944. The highest BCUT2D eigenvalue weighted by Gasteiger charge is 2.31. The van der Waals surface area contributed by atoms with E-state index in [1.165, 1.54) is 5.56 Å². The van der Waals surface area contributed by atoms with E-state index in [0.717, 1.165) is 52.2 Å². The highest BCUT2D eigenvalue weighted by atomic mass is 16.5. The summed E-state index contributed by atoms with van der Waals surface area (Å²) in [7, 11) is 1.89. The number of benzene rings is 1. The maximum Gasteiger partial charge on any atom is 0.317 e. The Morgan fingerprint density at radius 3 is 2.84 bits per heavy atom. The summed E-state index contributed by atoms with van der Waals surface area (Å²) >= 11 is 0. The number of hydrogen-bond donors (Lipinski definition) is 1. The van der Waals surface area contributed by atoms with Gasteiger partial charge < -0.3 is 15.0 Å². The normalized spacial score (nSPS) is 27.2. The largest absolute Gasteiger partial charge is 0.381 e. The molecule has 2 saturated heterocycles. The van der Waals surface area contributed by atoms with Crippen molar-refractivity contribution in [2.75, 3.05) is 39.9 Å². The number of likely N-dealkylation sites (tertiary alicyclic amines) is 1. The fraction of sp³-hybridized carbons (Fsp3) is 0.650.